The fourth-order valence-corrected chi connectivity index (χ4v) is 3.25. The maximum atomic E-state index is 12.0. The molecule has 0 aliphatic heterocycles. The van der Waals surface area contributed by atoms with Gasteiger partial charge in [-0.15, -0.1) is 0 Å². The lowest BCUT2D eigenvalue weighted by Gasteiger charge is -2.17. The van der Waals surface area contributed by atoms with Crippen molar-refractivity contribution in [2.24, 2.45) is 5.92 Å². The lowest BCUT2D eigenvalue weighted by atomic mass is 10.0. The molecular weight excluding hydrogens is 310 g/mol. The molecule has 2 rings (SSSR count). The number of thioether (sulfide) groups is 1. The molecule has 0 saturated heterocycles. The van der Waals surface area contributed by atoms with Crippen LogP contribution in [0.5, 0.6) is 0 Å². The number of aliphatic hydroxyl groups excluding tert-OH is 1. The van der Waals surface area contributed by atoms with E-state index in [4.69, 9.17) is 0 Å². The van der Waals surface area contributed by atoms with E-state index in [1.807, 2.05) is 38.1 Å². The molecule has 2 atom stereocenters. The summed E-state index contributed by atoms with van der Waals surface area (Å²) < 4.78 is 2.11. The standard InChI is InChI=1S/C17H25N3O2S/c1-4-12(3)15(21)10-18-16(22)11-23-17-19-13-8-6-7-9-14(13)20(17)5-2/h6-9,12,15,21H,4-5,10-11H2,1-3H3,(H,18,22). The molecule has 126 valence electrons. The second-order valence-electron chi connectivity index (χ2n) is 5.67. The van der Waals surface area contributed by atoms with E-state index in [2.05, 4.69) is 21.8 Å². The van der Waals surface area contributed by atoms with Crippen LogP contribution in [-0.2, 0) is 11.3 Å². The van der Waals surface area contributed by atoms with Gasteiger partial charge in [0.1, 0.15) is 0 Å². The third-order valence-corrected chi connectivity index (χ3v) is 5.05. The minimum Gasteiger partial charge on any atom is -0.391 e. The molecule has 0 fully saturated rings. The summed E-state index contributed by atoms with van der Waals surface area (Å²) >= 11 is 1.43. The highest BCUT2D eigenvalue weighted by Gasteiger charge is 2.15. The highest BCUT2D eigenvalue weighted by Crippen LogP contribution is 2.23. The monoisotopic (exact) mass is 335 g/mol. The Bertz CT molecular complexity index is 656. The molecule has 0 bridgehead atoms. The minimum atomic E-state index is -0.492. The van der Waals surface area contributed by atoms with Gasteiger partial charge in [0.15, 0.2) is 5.16 Å². The van der Waals surface area contributed by atoms with Gasteiger partial charge >= 0.3 is 0 Å². The summed E-state index contributed by atoms with van der Waals surface area (Å²) in [6, 6.07) is 7.98. The lowest BCUT2D eigenvalue weighted by Crippen LogP contribution is -2.36. The van der Waals surface area contributed by atoms with Crippen molar-refractivity contribution >= 4 is 28.7 Å². The molecular formula is C17H25N3O2S. The molecule has 0 aliphatic rings. The van der Waals surface area contributed by atoms with Crippen molar-refractivity contribution in [1.82, 2.24) is 14.9 Å². The third kappa shape index (κ3) is 4.48. The number of hydrogen-bond donors (Lipinski definition) is 2. The van der Waals surface area contributed by atoms with Crippen molar-refractivity contribution < 1.29 is 9.90 Å². The largest absolute Gasteiger partial charge is 0.391 e. The normalized spacial score (nSPS) is 13.9. The Hall–Kier alpha value is -1.53. The lowest BCUT2D eigenvalue weighted by molar-refractivity contribution is -0.119. The quantitative estimate of drug-likeness (QED) is 0.728. The predicted molar refractivity (Wildman–Crippen MR) is 94.6 cm³/mol. The molecule has 1 aromatic heterocycles. The number of para-hydroxylation sites is 2. The highest BCUT2D eigenvalue weighted by atomic mass is 32.2. The smallest absolute Gasteiger partial charge is 0.230 e. The summed E-state index contributed by atoms with van der Waals surface area (Å²) in [6.07, 6.45) is 0.404. The maximum Gasteiger partial charge on any atom is 0.230 e. The Kier molecular flexibility index (Phi) is 6.47. The summed E-state index contributed by atoms with van der Waals surface area (Å²) in [5, 5.41) is 13.5. The first-order valence-corrected chi connectivity index (χ1v) is 9.08. The fourth-order valence-electron chi connectivity index (χ4n) is 2.34. The van der Waals surface area contributed by atoms with Crippen molar-refractivity contribution in [3.05, 3.63) is 24.3 Å². The van der Waals surface area contributed by atoms with Crippen LogP contribution >= 0.6 is 11.8 Å². The predicted octanol–water partition coefficient (Wildman–Crippen LogP) is 2.67. The van der Waals surface area contributed by atoms with Gasteiger partial charge in [-0.3, -0.25) is 4.79 Å². The first-order valence-electron chi connectivity index (χ1n) is 8.09. The van der Waals surface area contributed by atoms with Crippen LogP contribution in [0, 0.1) is 5.92 Å². The Morgan fingerprint density at radius 3 is 2.83 bits per heavy atom. The SMILES string of the molecule is CCC(C)C(O)CNC(=O)CSc1nc2ccccc2n1CC. The van der Waals surface area contributed by atoms with Crippen LogP contribution in [0.3, 0.4) is 0 Å². The van der Waals surface area contributed by atoms with E-state index >= 15 is 0 Å². The molecule has 0 spiro atoms. The van der Waals surface area contributed by atoms with Gasteiger partial charge in [-0.2, -0.15) is 0 Å². The van der Waals surface area contributed by atoms with E-state index in [1.54, 1.807) is 0 Å². The van der Waals surface area contributed by atoms with Gasteiger partial charge in [-0.05, 0) is 25.0 Å². The number of amides is 1. The topological polar surface area (TPSA) is 67.2 Å². The van der Waals surface area contributed by atoms with Crippen LogP contribution in [-0.4, -0.2) is 39.0 Å². The number of nitrogens with one attached hydrogen (secondary N) is 1. The molecule has 0 radical (unpaired) electrons. The van der Waals surface area contributed by atoms with E-state index in [-0.39, 0.29) is 11.8 Å². The first kappa shape index (κ1) is 17.8. The van der Waals surface area contributed by atoms with Crippen LogP contribution < -0.4 is 5.32 Å². The zero-order chi connectivity index (χ0) is 16.8. The molecule has 1 aromatic carbocycles. The van der Waals surface area contributed by atoms with Crippen molar-refractivity contribution in [2.75, 3.05) is 12.3 Å². The number of carbonyl (C=O) groups is 1. The van der Waals surface area contributed by atoms with Gasteiger partial charge in [-0.1, -0.05) is 44.2 Å². The molecule has 5 nitrogen and oxygen atoms in total. The average molecular weight is 335 g/mol. The van der Waals surface area contributed by atoms with Crippen molar-refractivity contribution in [3.8, 4) is 0 Å². The summed E-state index contributed by atoms with van der Waals surface area (Å²) in [5.41, 5.74) is 2.04. The van der Waals surface area contributed by atoms with E-state index in [0.717, 1.165) is 29.2 Å². The number of imidazole rings is 1. The van der Waals surface area contributed by atoms with Crippen LogP contribution in [0.25, 0.3) is 11.0 Å². The first-order chi connectivity index (χ1) is 11.1. The van der Waals surface area contributed by atoms with Crippen LogP contribution in [0.4, 0.5) is 0 Å². The van der Waals surface area contributed by atoms with Crippen molar-refractivity contribution in [1.29, 1.82) is 0 Å². The number of fused-ring (bicyclic) bond motifs is 1. The van der Waals surface area contributed by atoms with E-state index in [1.165, 1.54) is 11.8 Å². The molecule has 1 amide bonds. The molecule has 2 aromatic rings. The van der Waals surface area contributed by atoms with E-state index < -0.39 is 6.10 Å². The number of aromatic nitrogens is 2. The number of rotatable bonds is 8. The van der Waals surface area contributed by atoms with Gasteiger partial charge in [0.2, 0.25) is 5.91 Å². The zero-order valence-electron chi connectivity index (χ0n) is 14.0. The molecule has 0 saturated carbocycles. The maximum absolute atomic E-state index is 12.0. The minimum absolute atomic E-state index is 0.0768. The van der Waals surface area contributed by atoms with Crippen LogP contribution in [0.1, 0.15) is 27.2 Å². The number of hydrogen-bond acceptors (Lipinski definition) is 4. The average Bonchev–Trinajstić information content (AvgIpc) is 2.94. The highest BCUT2D eigenvalue weighted by molar-refractivity contribution is 7.99. The Balaban J connectivity index is 1.92. The van der Waals surface area contributed by atoms with Crippen LogP contribution in [0.2, 0.25) is 0 Å². The third-order valence-electron chi connectivity index (χ3n) is 4.08. The molecule has 6 heteroatoms. The Morgan fingerprint density at radius 2 is 2.13 bits per heavy atom. The second-order valence-corrected chi connectivity index (χ2v) is 6.62. The van der Waals surface area contributed by atoms with Gasteiger partial charge in [0, 0.05) is 13.1 Å². The number of carbonyl (C=O) groups excluding carboxylic acids is 1. The summed E-state index contributed by atoms with van der Waals surface area (Å²) in [7, 11) is 0. The van der Waals surface area contributed by atoms with E-state index in [9.17, 15) is 9.90 Å². The summed E-state index contributed by atoms with van der Waals surface area (Å²) in [5.74, 6) is 0.413. The fraction of sp³-hybridized carbons (Fsp3) is 0.529. The molecule has 23 heavy (non-hydrogen) atoms. The van der Waals surface area contributed by atoms with Gasteiger partial charge < -0.3 is 15.0 Å². The van der Waals surface area contributed by atoms with Crippen molar-refractivity contribution in [3.63, 3.8) is 0 Å². The van der Waals surface area contributed by atoms with Gasteiger partial charge in [0.05, 0.1) is 22.9 Å². The molecule has 0 aliphatic carbocycles. The van der Waals surface area contributed by atoms with Gasteiger partial charge in [0.25, 0.3) is 0 Å². The van der Waals surface area contributed by atoms with E-state index in [0.29, 0.717) is 12.3 Å². The number of aryl methyl sites for hydroxylation is 1. The molecule has 2 unspecified atom stereocenters. The second kappa shape index (κ2) is 8.36. The van der Waals surface area contributed by atoms with Gasteiger partial charge in [-0.25, -0.2) is 4.98 Å². The van der Waals surface area contributed by atoms with Crippen LogP contribution in [0.15, 0.2) is 29.4 Å². The number of benzene rings is 1. The Labute approximate surface area is 141 Å². The molecule has 2 N–H and O–H groups in total. The molecule has 1 heterocycles. The zero-order valence-corrected chi connectivity index (χ0v) is 14.8. The summed E-state index contributed by atoms with van der Waals surface area (Å²) in [4.78, 5) is 16.6. The number of nitrogens with zero attached hydrogens (tertiary/aromatic N) is 2. The van der Waals surface area contributed by atoms with Crippen molar-refractivity contribution in [2.45, 2.75) is 45.0 Å². The Morgan fingerprint density at radius 1 is 1.39 bits per heavy atom. The number of aliphatic hydroxyl groups is 1. The summed E-state index contributed by atoms with van der Waals surface area (Å²) in [6.45, 7) is 7.20.